The van der Waals surface area contributed by atoms with Gasteiger partial charge in [0.15, 0.2) is 0 Å². The first-order chi connectivity index (χ1) is 3.30. The standard InChI is InChI=1S/C5H8O2/c6-4-2-1-3-5(4)7/h1-2,4-7H,3H2/t4-,5+/m1/s1. The second-order valence-electron chi connectivity index (χ2n) is 1.72. The molecule has 0 aromatic carbocycles. The van der Waals surface area contributed by atoms with Gasteiger partial charge in [0.05, 0.1) is 12.2 Å². The Kier molecular flexibility index (Phi) is 1.13. The molecule has 1 aliphatic carbocycles. The minimum atomic E-state index is -0.611. The second kappa shape index (κ2) is 1.64. The van der Waals surface area contributed by atoms with Crippen LogP contribution in [0.3, 0.4) is 0 Å². The van der Waals surface area contributed by atoms with Gasteiger partial charge in [-0.05, 0) is 6.42 Å². The molecule has 1 rings (SSSR count). The third-order valence-corrected chi connectivity index (χ3v) is 1.11. The molecule has 0 spiro atoms. The highest BCUT2D eigenvalue weighted by atomic mass is 16.3. The maximum atomic E-state index is 8.69. The Balaban J connectivity index is 2.45. The largest absolute Gasteiger partial charge is 0.390 e. The van der Waals surface area contributed by atoms with E-state index in [9.17, 15) is 0 Å². The van der Waals surface area contributed by atoms with Crippen molar-refractivity contribution >= 4 is 0 Å². The molecule has 2 N–H and O–H groups in total. The maximum absolute atomic E-state index is 8.69. The summed E-state index contributed by atoms with van der Waals surface area (Å²) >= 11 is 0. The second-order valence-corrected chi connectivity index (χ2v) is 1.72. The molecular formula is C5H8O2. The third kappa shape index (κ3) is 0.813. The predicted molar refractivity (Wildman–Crippen MR) is 25.8 cm³/mol. The first kappa shape index (κ1) is 4.81. The van der Waals surface area contributed by atoms with Crippen LogP contribution >= 0.6 is 0 Å². The smallest absolute Gasteiger partial charge is 0.0982 e. The summed E-state index contributed by atoms with van der Waals surface area (Å²) in [6.07, 6.45) is 2.82. The summed E-state index contributed by atoms with van der Waals surface area (Å²) in [5, 5.41) is 17.3. The summed E-state index contributed by atoms with van der Waals surface area (Å²) in [5.74, 6) is 0. The van der Waals surface area contributed by atoms with Crippen LogP contribution in [-0.4, -0.2) is 22.4 Å². The Bertz CT molecular complexity index is 88.1. The van der Waals surface area contributed by atoms with Gasteiger partial charge < -0.3 is 10.2 Å². The highest BCUT2D eigenvalue weighted by Crippen LogP contribution is 2.08. The lowest BCUT2D eigenvalue weighted by Gasteiger charge is -2.03. The van der Waals surface area contributed by atoms with E-state index in [1.54, 1.807) is 12.2 Å². The molecule has 0 amide bonds. The lowest BCUT2D eigenvalue weighted by atomic mass is 10.2. The van der Waals surface area contributed by atoms with Crippen LogP contribution in [0.5, 0.6) is 0 Å². The van der Waals surface area contributed by atoms with Crippen LogP contribution in [-0.2, 0) is 0 Å². The summed E-state index contributed by atoms with van der Waals surface area (Å²) in [6.45, 7) is 0. The number of rotatable bonds is 0. The molecule has 0 heterocycles. The molecular weight excluding hydrogens is 92.1 g/mol. The van der Waals surface area contributed by atoms with Crippen molar-refractivity contribution in [3.05, 3.63) is 12.2 Å². The lowest BCUT2D eigenvalue weighted by Crippen LogP contribution is -2.17. The molecule has 0 aromatic heterocycles. The molecule has 0 radical (unpaired) electrons. The SMILES string of the molecule is O[C@@H]1C=CC[C@@H]1O. The van der Waals surface area contributed by atoms with Crippen molar-refractivity contribution in [1.29, 1.82) is 0 Å². The monoisotopic (exact) mass is 100 g/mol. The molecule has 0 aromatic rings. The van der Waals surface area contributed by atoms with E-state index in [1.807, 2.05) is 0 Å². The molecule has 2 nitrogen and oxygen atoms in total. The first-order valence-corrected chi connectivity index (χ1v) is 2.33. The van der Waals surface area contributed by atoms with Crippen molar-refractivity contribution in [2.24, 2.45) is 0 Å². The zero-order valence-corrected chi connectivity index (χ0v) is 3.91. The summed E-state index contributed by atoms with van der Waals surface area (Å²) in [5.41, 5.74) is 0. The average Bonchev–Trinajstić information content (AvgIpc) is 1.91. The van der Waals surface area contributed by atoms with E-state index in [0.29, 0.717) is 6.42 Å². The molecule has 2 atom stereocenters. The van der Waals surface area contributed by atoms with Crippen LogP contribution in [0.25, 0.3) is 0 Å². The minimum Gasteiger partial charge on any atom is -0.390 e. The van der Waals surface area contributed by atoms with Gasteiger partial charge in [-0.1, -0.05) is 12.2 Å². The Morgan fingerprint density at radius 3 is 2.29 bits per heavy atom. The van der Waals surface area contributed by atoms with Gasteiger partial charge in [-0.3, -0.25) is 0 Å². The van der Waals surface area contributed by atoms with Crippen LogP contribution in [0.4, 0.5) is 0 Å². The molecule has 1 aliphatic rings. The van der Waals surface area contributed by atoms with Crippen molar-refractivity contribution in [3.63, 3.8) is 0 Å². The molecule has 40 valence electrons. The van der Waals surface area contributed by atoms with Gasteiger partial charge >= 0.3 is 0 Å². The van der Waals surface area contributed by atoms with Crippen LogP contribution in [0, 0.1) is 0 Å². The number of aliphatic hydroxyl groups excluding tert-OH is 2. The first-order valence-electron chi connectivity index (χ1n) is 2.33. The molecule has 2 heteroatoms. The summed E-state index contributed by atoms with van der Waals surface area (Å²) in [4.78, 5) is 0. The van der Waals surface area contributed by atoms with E-state index in [0.717, 1.165) is 0 Å². The van der Waals surface area contributed by atoms with Gasteiger partial charge in [-0.25, -0.2) is 0 Å². The fourth-order valence-corrected chi connectivity index (χ4v) is 0.625. The van der Waals surface area contributed by atoms with Crippen molar-refractivity contribution in [2.75, 3.05) is 0 Å². The third-order valence-electron chi connectivity index (χ3n) is 1.11. The highest BCUT2D eigenvalue weighted by Gasteiger charge is 2.15. The van der Waals surface area contributed by atoms with Gasteiger partial charge in [0, 0.05) is 0 Å². The van der Waals surface area contributed by atoms with Gasteiger partial charge in [-0.2, -0.15) is 0 Å². The van der Waals surface area contributed by atoms with Crippen LogP contribution < -0.4 is 0 Å². The van der Waals surface area contributed by atoms with Crippen molar-refractivity contribution < 1.29 is 10.2 Å². The zero-order valence-electron chi connectivity index (χ0n) is 3.91. The predicted octanol–water partition coefficient (Wildman–Crippen LogP) is -0.332. The molecule has 0 saturated carbocycles. The fraction of sp³-hybridized carbons (Fsp3) is 0.600. The van der Waals surface area contributed by atoms with E-state index in [4.69, 9.17) is 10.2 Å². The van der Waals surface area contributed by atoms with E-state index < -0.39 is 12.2 Å². The number of hydrogen-bond donors (Lipinski definition) is 2. The van der Waals surface area contributed by atoms with Crippen LogP contribution in [0.15, 0.2) is 12.2 Å². The zero-order chi connectivity index (χ0) is 5.28. The van der Waals surface area contributed by atoms with Gasteiger partial charge in [0.2, 0.25) is 0 Å². The molecule has 0 bridgehead atoms. The minimum absolute atomic E-state index is 0.542. The normalized spacial score (nSPS) is 39.7. The fourth-order valence-electron chi connectivity index (χ4n) is 0.625. The van der Waals surface area contributed by atoms with Crippen molar-refractivity contribution in [1.82, 2.24) is 0 Å². The molecule has 0 unspecified atom stereocenters. The quantitative estimate of drug-likeness (QED) is 0.409. The van der Waals surface area contributed by atoms with E-state index in [1.165, 1.54) is 0 Å². The Hall–Kier alpha value is -0.340. The number of hydrogen-bond acceptors (Lipinski definition) is 2. The summed E-state index contributed by atoms with van der Waals surface area (Å²) in [7, 11) is 0. The van der Waals surface area contributed by atoms with Crippen molar-refractivity contribution in [2.45, 2.75) is 18.6 Å². The van der Waals surface area contributed by atoms with Crippen LogP contribution in [0.1, 0.15) is 6.42 Å². The topological polar surface area (TPSA) is 40.5 Å². The molecule has 0 saturated heterocycles. The molecule has 0 fully saturated rings. The number of aliphatic hydroxyl groups is 2. The average molecular weight is 100 g/mol. The van der Waals surface area contributed by atoms with E-state index in [2.05, 4.69) is 0 Å². The Morgan fingerprint density at radius 1 is 1.43 bits per heavy atom. The lowest BCUT2D eigenvalue weighted by molar-refractivity contribution is 0.0611. The maximum Gasteiger partial charge on any atom is 0.0982 e. The summed E-state index contributed by atoms with van der Waals surface area (Å²) < 4.78 is 0. The van der Waals surface area contributed by atoms with E-state index >= 15 is 0 Å². The Labute approximate surface area is 42.1 Å². The highest BCUT2D eigenvalue weighted by molar-refractivity contribution is 5.01. The van der Waals surface area contributed by atoms with Gasteiger partial charge in [0.1, 0.15) is 0 Å². The Morgan fingerprint density at radius 2 is 2.14 bits per heavy atom. The van der Waals surface area contributed by atoms with E-state index in [-0.39, 0.29) is 0 Å². The molecule has 7 heavy (non-hydrogen) atoms. The van der Waals surface area contributed by atoms with Gasteiger partial charge in [-0.15, -0.1) is 0 Å². The van der Waals surface area contributed by atoms with Crippen LogP contribution in [0.2, 0.25) is 0 Å². The van der Waals surface area contributed by atoms with Crippen molar-refractivity contribution in [3.8, 4) is 0 Å². The van der Waals surface area contributed by atoms with Gasteiger partial charge in [0.25, 0.3) is 0 Å². The molecule has 0 aliphatic heterocycles. The summed E-state index contributed by atoms with van der Waals surface area (Å²) in [6, 6.07) is 0.